The Bertz CT molecular complexity index is 1080. The van der Waals surface area contributed by atoms with Gasteiger partial charge in [-0.15, -0.1) is 0 Å². The van der Waals surface area contributed by atoms with Crippen LogP contribution in [0.4, 0.5) is 4.39 Å². The predicted molar refractivity (Wildman–Crippen MR) is 111 cm³/mol. The normalized spacial score (nSPS) is 13.6. The van der Waals surface area contributed by atoms with E-state index in [4.69, 9.17) is 9.47 Å². The molecule has 0 unspecified atom stereocenters. The summed E-state index contributed by atoms with van der Waals surface area (Å²) < 4.78 is 25.8. The quantitative estimate of drug-likeness (QED) is 0.668. The van der Waals surface area contributed by atoms with E-state index in [0.29, 0.717) is 17.2 Å². The van der Waals surface area contributed by atoms with Crippen LogP contribution in [0.2, 0.25) is 0 Å². The molecule has 6 nitrogen and oxygen atoms in total. The van der Waals surface area contributed by atoms with E-state index in [1.54, 1.807) is 31.0 Å². The number of halogens is 1. The van der Waals surface area contributed by atoms with Gasteiger partial charge in [-0.25, -0.2) is 9.07 Å². The number of benzene rings is 2. The molecule has 4 rings (SSSR count). The van der Waals surface area contributed by atoms with Gasteiger partial charge in [-0.1, -0.05) is 0 Å². The fourth-order valence-corrected chi connectivity index (χ4v) is 3.94. The van der Waals surface area contributed by atoms with Gasteiger partial charge in [0.25, 0.3) is 5.91 Å². The average molecular weight is 409 g/mol. The molecule has 156 valence electrons. The maximum absolute atomic E-state index is 13.3. The van der Waals surface area contributed by atoms with Crippen LogP contribution in [0.1, 0.15) is 46.7 Å². The summed E-state index contributed by atoms with van der Waals surface area (Å²) in [7, 11) is 3.19. The molecule has 2 aromatic carbocycles. The van der Waals surface area contributed by atoms with Crippen molar-refractivity contribution in [3.63, 3.8) is 0 Å². The number of ether oxygens (including phenoxy) is 2. The molecule has 0 aliphatic heterocycles. The molecule has 1 N–H and O–H groups in total. The second-order valence-corrected chi connectivity index (χ2v) is 7.32. The summed E-state index contributed by atoms with van der Waals surface area (Å²) in [5.74, 6) is 0.812. The lowest BCUT2D eigenvalue weighted by Crippen LogP contribution is -2.28. The molecule has 1 heterocycles. The molecule has 1 atom stereocenters. The molecular weight excluding hydrogens is 385 g/mol. The van der Waals surface area contributed by atoms with Crippen molar-refractivity contribution in [2.45, 2.75) is 32.2 Å². The minimum absolute atomic E-state index is 0.244. The van der Waals surface area contributed by atoms with E-state index < -0.39 is 0 Å². The zero-order chi connectivity index (χ0) is 21.3. The number of nitrogens with zero attached hydrogens (tertiary/aromatic N) is 2. The molecule has 1 aromatic heterocycles. The van der Waals surface area contributed by atoms with Crippen LogP contribution in [0.5, 0.6) is 11.5 Å². The highest BCUT2D eigenvalue weighted by Gasteiger charge is 2.28. The van der Waals surface area contributed by atoms with Crippen molar-refractivity contribution in [1.82, 2.24) is 15.1 Å². The summed E-state index contributed by atoms with van der Waals surface area (Å²) in [6.45, 7) is 1.90. The van der Waals surface area contributed by atoms with E-state index in [1.807, 2.05) is 25.1 Å². The van der Waals surface area contributed by atoms with E-state index in [0.717, 1.165) is 41.8 Å². The number of rotatable bonds is 6. The molecule has 30 heavy (non-hydrogen) atoms. The van der Waals surface area contributed by atoms with Crippen molar-refractivity contribution < 1.29 is 18.7 Å². The Morgan fingerprint density at radius 2 is 1.90 bits per heavy atom. The zero-order valence-corrected chi connectivity index (χ0v) is 17.2. The minimum Gasteiger partial charge on any atom is -0.497 e. The van der Waals surface area contributed by atoms with Crippen LogP contribution in [0.25, 0.3) is 5.69 Å². The summed E-state index contributed by atoms with van der Waals surface area (Å²) in [4.78, 5) is 13.1. The lowest BCUT2D eigenvalue weighted by atomic mass is 10.1. The lowest BCUT2D eigenvalue weighted by molar-refractivity contribution is 0.0933. The van der Waals surface area contributed by atoms with Crippen LogP contribution in [0, 0.1) is 5.82 Å². The highest BCUT2D eigenvalue weighted by atomic mass is 19.1. The number of nitrogens with one attached hydrogen (secondary N) is 1. The smallest absolute Gasteiger partial charge is 0.272 e. The third kappa shape index (κ3) is 3.63. The summed E-state index contributed by atoms with van der Waals surface area (Å²) in [5, 5.41) is 7.61. The molecule has 0 saturated heterocycles. The van der Waals surface area contributed by atoms with Gasteiger partial charge in [0.2, 0.25) is 0 Å². The number of hydrogen-bond donors (Lipinski definition) is 1. The third-order valence-electron chi connectivity index (χ3n) is 5.47. The van der Waals surface area contributed by atoms with Crippen molar-refractivity contribution in [2.24, 2.45) is 0 Å². The second-order valence-electron chi connectivity index (χ2n) is 7.32. The van der Waals surface area contributed by atoms with Crippen LogP contribution >= 0.6 is 0 Å². The third-order valence-corrected chi connectivity index (χ3v) is 5.47. The molecule has 0 radical (unpaired) electrons. The standard InChI is InChI=1S/C23H24FN3O3/c1-14(19-13-17(29-2)11-12-21(19)30-3)25-23(28)22-18-5-4-6-20(18)27(26-22)16-9-7-15(24)8-10-16/h7-14H,4-6H2,1-3H3,(H,25,28)/t14-/m1/s1. The van der Waals surface area contributed by atoms with Gasteiger partial charge in [-0.2, -0.15) is 5.10 Å². The predicted octanol–water partition coefficient (Wildman–Crippen LogP) is 4.01. The molecule has 0 spiro atoms. The van der Waals surface area contributed by atoms with E-state index >= 15 is 0 Å². The number of methoxy groups -OCH3 is 2. The zero-order valence-electron chi connectivity index (χ0n) is 17.2. The van der Waals surface area contributed by atoms with Crippen molar-refractivity contribution in [3.05, 3.63) is 70.8 Å². The van der Waals surface area contributed by atoms with Crippen molar-refractivity contribution >= 4 is 5.91 Å². The molecule has 1 aliphatic rings. The molecule has 0 fully saturated rings. The monoisotopic (exact) mass is 409 g/mol. The Morgan fingerprint density at radius 3 is 2.60 bits per heavy atom. The highest BCUT2D eigenvalue weighted by molar-refractivity contribution is 5.94. The molecular formula is C23H24FN3O3. The van der Waals surface area contributed by atoms with Crippen LogP contribution in [0.3, 0.4) is 0 Å². The molecule has 0 bridgehead atoms. The largest absolute Gasteiger partial charge is 0.497 e. The first-order valence-electron chi connectivity index (χ1n) is 9.91. The van der Waals surface area contributed by atoms with Gasteiger partial charge >= 0.3 is 0 Å². The van der Waals surface area contributed by atoms with Crippen molar-refractivity contribution in [3.8, 4) is 17.2 Å². The van der Waals surface area contributed by atoms with Crippen LogP contribution in [-0.2, 0) is 12.8 Å². The maximum Gasteiger partial charge on any atom is 0.272 e. The van der Waals surface area contributed by atoms with E-state index in [-0.39, 0.29) is 17.8 Å². The van der Waals surface area contributed by atoms with Gasteiger partial charge in [0.05, 0.1) is 25.9 Å². The molecule has 0 saturated carbocycles. The maximum atomic E-state index is 13.3. The van der Waals surface area contributed by atoms with Crippen molar-refractivity contribution in [2.75, 3.05) is 14.2 Å². The van der Waals surface area contributed by atoms with E-state index in [1.165, 1.54) is 12.1 Å². The van der Waals surface area contributed by atoms with Gasteiger partial charge in [-0.3, -0.25) is 4.79 Å². The summed E-state index contributed by atoms with van der Waals surface area (Å²) in [6.07, 6.45) is 2.61. The molecule has 1 amide bonds. The number of hydrogen-bond acceptors (Lipinski definition) is 4. The fraction of sp³-hybridized carbons (Fsp3) is 0.304. The van der Waals surface area contributed by atoms with Crippen LogP contribution < -0.4 is 14.8 Å². The first-order chi connectivity index (χ1) is 14.5. The number of aromatic nitrogens is 2. The van der Waals surface area contributed by atoms with Crippen LogP contribution in [-0.4, -0.2) is 29.9 Å². The number of amides is 1. The fourth-order valence-electron chi connectivity index (χ4n) is 3.94. The molecule has 7 heteroatoms. The lowest BCUT2D eigenvalue weighted by Gasteiger charge is -2.18. The Kier molecular flexibility index (Phi) is 5.44. The SMILES string of the molecule is COc1ccc(OC)c([C@@H](C)NC(=O)c2nn(-c3ccc(F)cc3)c3c2CCC3)c1. The molecule has 3 aromatic rings. The first-order valence-corrected chi connectivity index (χ1v) is 9.91. The summed E-state index contributed by atoms with van der Waals surface area (Å²) >= 11 is 0. The number of carbonyl (C=O) groups is 1. The number of carbonyl (C=O) groups excluding carboxylic acids is 1. The van der Waals surface area contributed by atoms with Gasteiger partial charge < -0.3 is 14.8 Å². The summed E-state index contributed by atoms with van der Waals surface area (Å²) in [6, 6.07) is 11.3. The van der Waals surface area contributed by atoms with Gasteiger partial charge in [-0.05, 0) is 68.7 Å². The van der Waals surface area contributed by atoms with Gasteiger partial charge in [0.1, 0.15) is 17.3 Å². The number of fused-ring (bicyclic) bond motifs is 1. The van der Waals surface area contributed by atoms with Crippen LogP contribution in [0.15, 0.2) is 42.5 Å². The Labute approximate surface area is 174 Å². The Balaban J connectivity index is 1.63. The summed E-state index contributed by atoms with van der Waals surface area (Å²) in [5.41, 5.74) is 3.96. The van der Waals surface area contributed by atoms with Gasteiger partial charge in [0, 0.05) is 16.8 Å². The van der Waals surface area contributed by atoms with E-state index in [9.17, 15) is 9.18 Å². The average Bonchev–Trinajstić information content (AvgIpc) is 3.36. The topological polar surface area (TPSA) is 65.4 Å². The first kappa shape index (κ1) is 19.9. The van der Waals surface area contributed by atoms with Crippen molar-refractivity contribution in [1.29, 1.82) is 0 Å². The second kappa shape index (κ2) is 8.18. The van der Waals surface area contributed by atoms with Gasteiger partial charge in [0.15, 0.2) is 5.69 Å². The highest BCUT2D eigenvalue weighted by Crippen LogP contribution is 2.31. The molecule has 1 aliphatic carbocycles. The van der Waals surface area contributed by atoms with E-state index in [2.05, 4.69) is 10.4 Å². The Hall–Kier alpha value is -3.35. The minimum atomic E-state index is -0.310. The Morgan fingerprint density at radius 1 is 1.13 bits per heavy atom.